The molecule has 1 unspecified atom stereocenters. The Bertz CT molecular complexity index is 638. The molecule has 0 spiro atoms. The summed E-state index contributed by atoms with van der Waals surface area (Å²) in [5, 5.41) is 3.12. The van der Waals surface area contributed by atoms with E-state index in [4.69, 9.17) is 10.5 Å². The van der Waals surface area contributed by atoms with Gasteiger partial charge >= 0.3 is 6.16 Å². The number of aryl methyl sites for hydroxylation is 1. The van der Waals surface area contributed by atoms with Gasteiger partial charge in [-0.1, -0.05) is 29.8 Å². The van der Waals surface area contributed by atoms with Crippen molar-refractivity contribution in [2.75, 3.05) is 7.11 Å². The Balaban J connectivity index is 0.00000242. The second-order valence-electron chi connectivity index (χ2n) is 5.10. The highest BCUT2D eigenvalue weighted by Crippen LogP contribution is 2.36. The van der Waals surface area contributed by atoms with Crippen molar-refractivity contribution in [3.8, 4) is 0 Å². The quantitative estimate of drug-likeness (QED) is 0.816. The minimum absolute atomic E-state index is 0. The number of carbonyl (C=O) groups excluding carboxylic acids is 1. The second-order valence-corrected chi connectivity index (χ2v) is 5.10. The van der Waals surface area contributed by atoms with Gasteiger partial charge in [0, 0.05) is 11.4 Å². The third-order valence-electron chi connectivity index (χ3n) is 3.49. The first-order chi connectivity index (χ1) is 9.93. The molecule has 0 aliphatic carbocycles. The standard InChI is InChI=1S/C16H20N2O3.ClH/c1-9-6-5-7-12(8-9)13-14(17)10(2)18-11(3)15(13)21-16(19)20-4;/h5-8,13,18H,17H2,1-4H3;1H. The van der Waals surface area contributed by atoms with E-state index in [9.17, 15) is 4.79 Å². The van der Waals surface area contributed by atoms with E-state index in [2.05, 4.69) is 10.1 Å². The summed E-state index contributed by atoms with van der Waals surface area (Å²) in [6.07, 6.45) is -0.754. The number of hydrogen-bond acceptors (Lipinski definition) is 5. The number of ether oxygens (including phenoxy) is 2. The number of rotatable bonds is 2. The molecule has 1 aliphatic rings. The number of methoxy groups -OCH3 is 1. The molecule has 0 saturated carbocycles. The molecule has 22 heavy (non-hydrogen) atoms. The number of dihydropyridines is 1. The van der Waals surface area contributed by atoms with E-state index >= 15 is 0 Å². The minimum Gasteiger partial charge on any atom is -0.437 e. The molecule has 1 heterocycles. The van der Waals surface area contributed by atoms with Crippen LogP contribution in [0, 0.1) is 6.92 Å². The maximum Gasteiger partial charge on any atom is 0.513 e. The zero-order chi connectivity index (χ0) is 15.6. The molecule has 1 aromatic rings. The van der Waals surface area contributed by atoms with Gasteiger partial charge in [-0.2, -0.15) is 0 Å². The van der Waals surface area contributed by atoms with Gasteiger partial charge in [0.1, 0.15) is 5.76 Å². The first-order valence-electron chi connectivity index (χ1n) is 6.70. The fourth-order valence-electron chi connectivity index (χ4n) is 2.44. The van der Waals surface area contributed by atoms with Gasteiger partial charge in [0.25, 0.3) is 0 Å². The fourth-order valence-corrected chi connectivity index (χ4v) is 2.44. The highest BCUT2D eigenvalue weighted by Gasteiger charge is 2.30. The second kappa shape index (κ2) is 7.22. The fraction of sp³-hybridized carbons (Fsp3) is 0.312. The monoisotopic (exact) mass is 324 g/mol. The molecule has 0 radical (unpaired) electrons. The van der Waals surface area contributed by atoms with Crippen molar-refractivity contribution >= 4 is 18.6 Å². The van der Waals surface area contributed by atoms with Gasteiger partial charge in [0.05, 0.1) is 18.7 Å². The molecule has 120 valence electrons. The topological polar surface area (TPSA) is 73.6 Å². The molecule has 5 nitrogen and oxygen atoms in total. The Morgan fingerprint density at radius 2 is 1.91 bits per heavy atom. The Kier molecular flexibility index (Phi) is 5.88. The Morgan fingerprint density at radius 3 is 2.50 bits per heavy atom. The van der Waals surface area contributed by atoms with Crippen molar-refractivity contribution in [2.45, 2.75) is 26.7 Å². The van der Waals surface area contributed by atoms with Gasteiger partial charge in [0.15, 0.2) is 0 Å². The minimum atomic E-state index is -0.754. The SMILES string of the molecule is COC(=O)OC1=C(C)NC(C)=C(N)C1c1cccc(C)c1.Cl. The van der Waals surface area contributed by atoms with Crippen LogP contribution in [0.2, 0.25) is 0 Å². The van der Waals surface area contributed by atoms with Crippen molar-refractivity contribution < 1.29 is 14.3 Å². The van der Waals surface area contributed by atoms with E-state index in [1.165, 1.54) is 7.11 Å². The summed E-state index contributed by atoms with van der Waals surface area (Å²) in [6.45, 7) is 5.75. The van der Waals surface area contributed by atoms with Gasteiger partial charge in [0.2, 0.25) is 0 Å². The lowest BCUT2D eigenvalue weighted by Crippen LogP contribution is -2.30. The summed E-state index contributed by atoms with van der Waals surface area (Å²) in [5.41, 5.74) is 10.6. The molecule has 0 fully saturated rings. The van der Waals surface area contributed by atoms with Crippen LogP contribution in [0.4, 0.5) is 4.79 Å². The summed E-state index contributed by atoms with van der Waals surface area (Å²) in [6, 6.07) is 7.97. The molecule has 1 aliphatic heterocycles. The van der Waals surface area contributed by atoms with Gasteiger partial charge in [-0.25, -0.2) is 4.79 Å². The van der Waals surface area contributed by atoms with Crippen molar-refractivity contribution in [2.24, 2.45) is 5.73 Å². The average molecular weight is 325 g/mol. The summed E-state index contributed by atoms with van der Waals surface area (Å²) < 4.78 is 9.91. The maximum atomic E-state index is 11.5. The molecule has 3 N–H and O–H groups in total. The summed E-state index contributed by atoms with van der Waals surface area (Å²) >= 11 is 0. The van der Waals surface area contributed by atoms with E-state index in [0.717, 1.165) is 22.5 Å². The van der Waals surface area contributed by atoms with Crippen LogP contribution in [0.25, 0.3) is 0 Å². The number of benzene rings is 1. The van der Waals surface area contributed by atoms with E-state index in [-0.39, 0.29) is 18.3 Å². The van der Waals surface area contributed by atoms with Crippen molar-refractivity contribution in [3.05, 3.63) is 58.2 Å². The smallest absolute Gasteiger partial charge is 0.437 e. The Labute approximate surface area is 136 Å². The van der Waals surface area contributed by atoms with E-state index < -0.39 is 6.16 Å². The van der Waals surface area contributed by atoms with E-state index in [0.29, 0.717) is 11.5 Å². The molecule has 0 aromatic heterocycles. The molecule has 1 aromatic carbocycles. The average Bonchev–Trinajstić information content (AvgIpc) is 2.44. The zero-order valence-corrected chi connectivity index (χ0v) is 13.9. The lowest BCUT2D eigenvalue weighted by molar-refractivity contribution is 0.0920. The summed E-state index contributed by atoms with van der Waals surface area (Å²) in [5.74, 6) is 0.167. The Hall–Kier alpha value is -2.14. The third-order valence-corrected chi connectivity index (χ3v) is 3.49. The lowest BCUT2D eigenvalue weighted by atomic mass is 9.89. The van der Waals surface area contributed by atoms with Crippen LogP contribution < -0.4 is 11.1 Å². The van der Waals surface area contributed by atoms with E-state index in [1.807, 2.05) is 45.0 Å². The number of carbonyl (C=O) groups is 1. The predicted octanol–water partition coefficient (Wildman–Crippen LogP) is 3.31. The number of nitrogens with two attached hydrogens (primary N) is 1. The van der Waals surface area contributed by atoms with Gasteiger partial charge in [-0.05, 0) is 26.3 Å². The van der Waals surface area contributed by atoms with Crippen LogP contribution in [-0.2, 0) is 9.47 Å². The molecule has 0 saturated heterocycles. The zero-order valence-electron chi connectivity index (χ0n) is 13.1. The van der Waals surface area contributed by atoms with Crippen LogP contribution in [0.5, 0.6) is 0 Å². The van der Waals surface area contributed by atoms with Crippen LogP contribution in [0.1, 0.15) is 30.9 Å². The summed E-state index contributed by atoms with van der Waals surface area (Å²) in [4.78, 5) is 11.5. The first kappa shape index (κ1) is 17.9. The first-order valence-corrected chi connectivity index (χ1v) is 6.70. The maximum absolute atomic E-state index is 11.5. The van der Waals surface area contributed by atoms with Gasteiger partial charge in [-0.15, -0.1) is 12.4 Å². The molecule has 0 bridgehead atoms. The van der Waals surface area contributed by atoms with E-state index in [1.54, 1.807) is 0 Å². The molecule has 2 rings (SSSR count). The van der Waals surface area contributed by atoms with Crippen molar-refractivity contribution in [3.63, 3.8) is 0 Å². The van der Waals surface area contributed by atoms with Crippen LogP contribution >= 0.6 is 12.4 Å². The van der Waals surface area contributed by atoms with Crippen LogP contribution in [0.15, 0.2) is 47.1 Å². The number of allylic oxidation sites excluding steroid dienone is 2. The number of hydrogen-bond donors (Lipinski definition) is 2. The largest absolute Gasteiger partial charge is 0.513 e. The third kappa shape index (κ3) is 3.54. The number of halogens is 1. The molecule has 1 atom stereocenters. The lowest BCUT2D eigenvalue weighted by Gasteiger charge is -2.29. The molecular weight excluding hydrogens is 304 g/mol. The van der Waals surface area contributed by atoms with Gasteiger partial charge in [-0.3, -0.25) is 0 Å². The molecular formula is C16H21ClN2O3. The highest BCUT2D eigenvalue weighted by atomic mass is 35.5. The van der Waals surface area contributed by atoms with Crippen LogP contribution in [-0.4, -0.2) is 13.3 Å². The van der Waals surface area contributed by atoms with Crippen molar-refractivity contribution in [1.82, 2.24) is 5.32 Å². The molecule has 6 heteroatoms. The van der Waals surface area contributed by atoms with Crippen LogP contribution in [0.3, 0.4) is 0 Å². The highest BCUT2D eigenvalue weighted by molar-refractivity contribution is 5.85. The molecule has 0 amide bonds. The number of nitrogens with one attached hydrogen (secondary N) is 1. The normalized spacial score (nSPS) is 17.5. The predicted molar refractivity (Wildman–Crippen MR) is 87.4 cm³/mol. The summed E-state index contributed by atoms with van der Waals surface area (Å²) in [7, 11) is 1.28. The van der Waals surface area contributed by atoms with Crippen molar-refractivity contribution in [1.29, 1.82) is 0 Å². The Morgan fingerprint density at radius 1 is 1.23 bits per heavy atom. The van der Waals surface area contributed by atoms with Gasteiger partial charge < -0.3 is 20.5 Å².